The molecule has 6 nitrogen and oxygen atoms in total. The average Bonchev–Trinajstić information content (AvgIpc) is 3.07. The van der Waals surface area contributed by atoms with Crippen LogP contribution in [-0.2, 0) is 19.3 Å². The smallest absolute Gasteiger partial charge is 0.319 e. The highest BCUT2D eigenvalue weighted by molar-refractivity contribution is 7.15. The van der Waals surface area contributed by atoms with Gasteiger partial charge in [-0.25, -0.2) is 4.79 Å². The van der Waals surface area contributed by atoms with Gasteiger partial charge in [0, 0.05) is 18.7 Å². The van der Waals surface area contributed by atoms with Crippen LogP contribution in [0.1, 0.15) is 22.6 Å². The summed E-state index contributed by atoms with van der Waals surface area (Å²) in [6.07, 6.45) is 4.08. The van der Waals surface area contributed by atoms with E-state index in [1.807, 2.05) is 6.07 Å². The van der Waals surface area contributed by atoms with Gasteiger partial charge in [0.25, 0.3) is 0 Å². The van der Waals surface area contributed by atoms with E-state index in [1.54, 1.807) is 0 Å². The Balaban J connectivity index is 1.48. The Bertz CT molecular complexity index is 655. The molecule has 1 heterocycles. The number of nitrogens with zero attached hydrogens (tertiary/aromatic N) is 2. The largest absolute Gasteiger partial charge is 0.374 e. The first-order chi connectivity index (χ1) is 10.2. The first kappa shape index (κ1) is 13.8. The molecular formula is C14H17N5OS. The molecule has 110 valence electrons. The third-order valence-electron chi connectivity index (χ3n) is 3.46. The number of nitrogens with two attached hydrogens (primary N) is 1. The Kier molecular flexibility index (Phi) is 4.01. The topological polar surface area (TPSA) is 92.9 Å². The van der Waals surface area contributed by atoms with Gasteiger partial charge in [-0.05, 0) is 42.5 Å². The number of carbonyl (C=O) groups is 1. The summed E-state index contributed by atoms with van der Waals surface area (Å²) < 4.78 is 0. The van der Waals surface area contributed by atoms with Crippen LogP contribution in [0.25, 0.3) is 0 Å². The highest BCUT2D eigenvalue weighted by Crippen LogP contribution is 2.24. The van der Waals surface area contributed by atoms with Crippen molar-refractivity contribution >= 4 is 28.2 Å². The molecular weight excluding hydrogens is 286 g/mol. The minimum atomic E-state index is -0.203. The van der Waals surface area contributed by atoms with Crippen LogP contribution in [0.3, 0.4) is 0 Å². The van der Waals surface area contributed by atoms with Crippen molar-refractivity contribution in [2.45, 2.75) is 25.7 Å². The fourth-order valence-corrected chi connectivity index (χ4v) is 3.08. The molecule has 0 spiro atoms. The quantitative estimate of drug-likeness (QED) is 0.805. The van der Waals surface area contributed by atoms with Crippen LogP contribution in [0.5, 0.6) is 0 Å². The Morgan fingerprint density at radius 2 is 2.14 bits per heavy atom. The second-order valence-electron chi connectivity index (χ2n) is 5.00. The van der Waals surface area contributed by atoms with Crippen molar-refractivity contribution in [3.63, 3.8) is 0 Å². The molecule has 1 aliphatic carbocycles. The molecule has 0 fully saturated rings. The standard InChI is InChI=1S/C14H17N5OS/c15-13-19-18-12(21-13)6-7-16-14(20)17-11-5-4-9-2-1-3-10(9)8-11/h4-5,8H,1-3,6-7H2,(H2,15,19)(H2,16,17,20). The van der Waals surface area contributed by atoms with E-state index >= 15 is 0 Å². The summed E-state index contributed by atoms with van der Waals surface area (Å²) in [6.45, 7) is 0.505. The van der Waals surface area contributed by atoms with E-state index in [0.29, 0.717) is 18.1 Å². The van der Waals surface area contributed by atoms with Gasteiger partial charge >= 0.3 is 6.03 Å². The molecule has 1 aliphatic rings. The van der Waals surface area contributed by atoms with Gasteiger partial charge in [-0.2, -0.15) is 0 Å². The lowest BCUT2D eigenvalue weighted by Crippen LogP contribution is -2.30. The van der Waals surface area contributed by atoms with Gasteiger partial charge in [-0.1, -0.05) is 17.4 Å². The van der Waals surface area contributed by atoms with Crippen molar-refractivity contribution in [3.8, 4) is 0 Å². The van der Waals surface area contributed by atoms with E-state index in [4.69, 9.17) is 5.73 Å². The summed E-state index contributed by atoms with van der Waals surface area (Å²) in [7, 11) is 0. The van der Waals surface area contributed by atoms with Crippen LogP contribution in [0.4, 0.5) is 15.6 Å². The van der Waals surface area contributed by atoms with Crippen molar-refractivity contribution in [2.75, 3.05) is 17.6 Å². The van der Waals surface area contributed by atoms with Crippen LogP contribution in [-0.4, -0.2) is 22.8 Å². The molecule has 0 radical (unpaired) electrons. The van der Waals surface area contributed by atoms with Gasteiger partial charge in [-0.15, -0.1) is 10.2 Å². The SMILES string of the molecule is Nc1nnc(CCNC(=O)Nc2ccc3c(c2)CCC3)s1. The molecule has 21 heavy (non-hydrogen) atoms. The second-order valence-corrected chi connectivity index (χ2v) is 6.10. The molecule has 0 unspecified atom stereocenters. The Morgan fingerprint density at radius 3 is 2.95 bits per heavy atom. The van der Waals surface area contributed by atoms with E-state index in [1.165, 1.54) is 28.9 Å². The van der Waals surface area contributed by atoms with Crippen molar-refractivity contribution in [1.82, 2.24) is 15.5 Å². The number of hydrogen-bond donors (Lipinski definition) is 3. The summed E-state index contributed by atoms with van der Waals surface area (Å²) >= 11 is 1.34. The fourth-order valence-electron chi connectivity index (χ4n) is 2.48. The van der Waals surface area contributed by atoms with Gasteiger partial charge in [0.2, 0.25) is 5.13 Å². The maximum absolute atomic E-state index is 11.8. The van der Waals surface area contributed by atoms with Crippen LogP contribution in [0, 0.1) is 0 Å². The zero-order valence-corrected chi connectivity index (χ0v) is 12.4. The molecule has 4 N–H and O–H groups in total. The third-order valence-corrected chi connectivity index (χ3v) is 4.28. The summed E-state index contributed by atoms with van der Waals surface area (Å²) in [5, 5.41) is 14.6. The van der Waals surface area contributed by atoms with Gasteiger partial charge in [0.15, 0.2) is 0 Å². The summed E-state index contributed by atoms with van der Waals surface area (Å²) in [5.74, 6) is 0. The number of aryl methyl sites for hydroxylation is 2. The van der Waals surface area contributed by atoms with Crippen molar-refractivity contribution in [3.05, 3.63) is 34.3 Å². The molecule has 0 bridgehead atoms. The van der Waals surface area contributed by atoms with Gasteiger partial charge in [-0.3, -0.25) is 0 Å². The first-order valence-corrected chi connectivity index (χ1v) is 7.77. The monoisotopic (exact) mass is 303 g/mol. The number of amides is 2. The highest BCUT2D eigenvalue weighted by atomic mass is 32.1. The molecule has 7 heteroatoms. The van der Waals surface area contributed by atoms with Crippen LogP contribution in [0.2, 0.25) is 0 Å². The number of nitrogens with one attached hydrogen (secondary N) is 2. The number of rotatable bonds is 4. The predicted molar refractivity (Wildman–Crippen MR) is 83.5 cm³/mol. The minimum absolute atomic E-state index is 0.203. The lowest BCUT2D eigenvalue weighted by Gasteiger charge is -2.08. The molecule has 3 rings (SSSR count). The number of nitrogen functional groups attached to an aromatic ring is 1. The second kappa shape index (κ2) is 6.09. The van der Waals surface area contributed by atoms with Crippen molar-refractivity contribution in [2.24, 2.45) is 0 Å². The molecule has 2 aromatic rings. The number of benzene rings is 1. The molecule has 1 aromatic heterocycles. The number of fused-ring (bicyclic) bond motifs is 1. The average molecular weight is 303 g/mol. The predicted octanol–water partition coefficient (Wildman–Crippen LogP) is 1.97. The lowest BCUT2D eigenvalue weighted by molar-refractivity contribution is 0.252. The zero-order chi connectivity index (χ0) is 14.7. The Morgan fingerprint density at radius 1 is 1.29 bits per heavy atom. The van der Waals surface area contributed by atoms with Crippen LogP contribution >= 0.6 is 11.3 Å². The Hall–Kier alpha value is -2.15. The zero-order valence-electron chi connectivity index (χ0n) is 11.6. The summed E-state index contributed by atoms with van der Waals surface area (Å²) in [5.41, 5.74) is 9.09. The van der Waals surface area contributed by atoms with Gasteiger partial charge < -0.3 is 16.4 Å². The van der Waals surface area contributed by atoms with Crippen LogP contribution < -0.4 is 16.4 Å². The molecule has 0 saturated carbocycles. The van der Waals surface area contributed by atoms with Gasteiger partial charge in [0.05, 0.1) is 0 Å². The van der Waals surface area contributed by atoms with E-state index < -0.39 is 0 Å². The maximum atomic E-state index is 11.8. The Labute approximate surface area is 126 Å². The number of aromatic nitrogens is 2. The van der Waals surface area contributed by atoms with E-state index in [9.17, 15) is 4.79 Å². The van der Waals surface area contributed by atoms with Crippen molar-refractivity contribution in [1.29, 1.82) is 0 Å². The van der Waals surface area contributed by atoms with E-state index in [-0.39, 0.29) is 6.03 Å². The normalized spacial score (nSPS) is 13.0. The molecule has 2 amide bonds. The van der Waals surface area contributed by atoms with Crippen LogP contribution in [0.15, 0.2) is 18.2 Å². The lowest BCUT2D eigenvalue weighted by atomic mass is 10.1. The highest BCUT2D eigenvalue weighted by Gasteiger charge is 2.11. The number of carbonyl (C=O) groups excluding carboxylic acids is 1. The first-order valence-electron chi connectivity index (χ1n) is 6.95. The number of anilines is 2. The fraction of sp³-hybridized carbons (Fsp3) is 0.357. The number of hydrogen-bond acceptors (Lipinski definition) is 5. The minimum Gasteiger partial charge on any atom is -0.374 e. The van der Waals surface area contributed by atoms with Gasteiger partial charge in [0.1, 0.15) is 5.01 Å². The summed E-state index contributed by atoms with van der Waals surface area (Å²) in [6, 6.07) is 5.91. The van der Waals surface area contributed by atoms with Crippen molar-refractivity contribution < 1.29 is 4.79 Å². The molecule has 0 saturated heterocycles. The third kappa shape index (κ3) is 3.49. The van der Waals surface area contributed by atoms with E-state index in [2.05, 4.69) is 33.0 Å². The summed E-state index contributed by atoms with van der Waals surface area (Å²) in [4.78, 5) is 11.8. The van der Waals surface area contributed by atoms with E-state index in [0.717, 1.165) is 23.5 Å². The molecule has 0 aliphatic heterocycles. The molecule has 1 aromatic carbocycles. The molecule has 0 atom stereocenters. The number of urea groups is 1. The maximum Gasteiger partial charge on any atom is 0.319 e.